The molecular formula is C20H14BrFN4O2. The van der Waals surface area contributed by atoms with Gasteiger partial charge < -0.3 is 4.74 Å². The SMILES string of the molecule is CCOC(=O)c1cc(-c2ccncc2)n2nc(-c3ccc(Br)cc3F)cc2n1. The number of carbonyl (C=O) groups excluding carboxylic acids is 1. The number of hydrogen-bond acceptors (Lipinski definition) is 5. The lowest BCUT2D eigenvalue weighted by Crippen LogP contribution is -2.09. The van der Waals surface area contributed by atoms with E-state index in [0.717, 1.165) is 5.56 Å². The zero-order valence-corrected chi connectivity index (χ0v) is 16.4. The lowest BCUT2D eigenvalue weighted by Gasteiger charge is -2.07. The van der Waals surface area contributed by atoms with Gasteiger partial charge in [0, 0.05) is 34.1 Å². The minimum Gasteiger partial charge on any atom is -0.461 e. The van der Waals surface area contributed by atoms with Crippen molar-refractivity contribution in [3.8, 4) is 22.5 Å². The van der Waals surface area contributed by atoms with E-state index in [9.17, 15) is 9.18 Å². The summed E-state index contributed by atoms with van der Waals surface area (Å²) in [6.45, 7) is 1.97. The number of hydrogen-bond donors (Lipinski definition) is 0. The van der Waals surface area contributed by atoms with Crippen LogP contribution in [-0.2, 0) is 4.74 Å². The second kappa shape index (κ2) is 7.47. The quantitative estimate of drug-likeness (QED) is 0.435. The molecule has 4 rings (SSSR count). The number of esters is 1. The third kappa shape index (κ3) is 3.38. The molecule has 0 unspecified atom stereocenters. The van der Waals surface area contributed by atoms with E-state index in [1.54, 1.807) is 60.2 Å². The Morgan fingerprint density at radius 3 is 2.68 bits per heavy atom. The maximum absolute atomic E-state index is 14.4. The third-order valence-electron chi connectivity index (χ3n) is 4.09. The van der Waals surface area contributed by atoms with Crippen LogP contribution >= 0.6 is 15.9 Å². The zero-order valence-electron chi connectivity index (χ0n) is 14.8. The highest BCUT2D eigenvalue weighted by Gasteiger charge is 2.18. The van der Waals surface area contributed by atoms with Crippen molar-refractivity contribution >= 4 is 27.5 Å². The van der Waals surface area contributed by atoms with Crippen LogP contribution in [0, 0.1) is 5.82 Å². The molecule has 0 N–H and O–H groups in total. The van der Waals surface area contributed by atoms with Crippen LogP contribution in [0.5, 0.6) is 0 Å². The zero-order chi connectivity index (χ0) is 19.7. The van der Waals surface area contributed by atoms with E-state index in [4.69, 9.17) is 4.74 Å². The number of nitrogens with zero attached hydrogens (tertiary/aromatic N) is 4. The predicted octanol–water partition coefficient (Wildman–Crippen LogP) is 4.54. The first-order valence-corrected chi connectivity index (χ1v) is 9.30. The summed E-state index contributed by atoms with van der Waals surface area (Å²) in [5.41, 5.74) is 2.73. The van der Waals surface area contributed by atoms with Crippen LogP contribution in [0.25, 0.3) is 28.2 Å². The van der Waals surface area contributed by atoms with Crippen molar-refractivity contribution < 1.29 is 13.9 Å². The molecule has 0 aliphatic heterocycles. The number of pyridine rings is 1. The highest BCUT2D eigenvalue weighted by Crippen LogP contribution is 2.28. The van der Waals surface area contributed by atoms with Gasteiger partial charge in [0.25, 0.3) is 0 Å². The van der Waals surface area contributed by atoms with E-state index in [2.05, 4.69) is 31.0 Å². The molecule has 0 amide bonds. The predicted molar refractivity (Wildman–Crippen MR) is 105 cm³/mol. The van der Waals surface area contributed by atoms with Crippen molar-refractivity contribution in [2.75, 3.05) is 6.61 Å². The number of halogens is 2. The van der Waals surface area contributed by atoms with E-state index >= 15 is 0 Å². The fourth-order valence-electron chi connectivity index (χ4n) is 2.84. The Morgan fingerprint density at radius 1 is 1.18 bits per heavy atom. The molecule has 1 aromatic carbocycles. The molecule has 0 fully saturated rings. The monoisotopic (exact) mass is 440 g/mol. The number of aromatic nitrogens is 4. The molecule has 0 saturated heterocycles. The molecule has 0 radical (unpaired) electrons. The molecule has 0 atom stereocenters. The fraction of sp³-hybridized carbons (Fsp3) is 0.100. The van der Waals surface area contributed by atoms with Gasteiger partial charge in [0.15, 0.2) is 11.3 Å². The molecule has 0 bridgehead atoms. The number of benzene rings is 1. The summed E-state index contributed by atoms with van der Waals surface area (Å²) in [4.78, 5) is 20.6. The van der Waals surface area contributed by atoms with Crippen molar-refractivity contribution in [1.29, 1.82) is 0 Å². The third-order valence-corrected chi connectivity index (χ3v) is 4.59. The number of fused-ring (bicyclic) bond motifs is 1. The minimum atomic E-state index is -0.530. The van der Waals surface area contributed by atoms with Gasteiger partial charge in [-0.3, -0.25) is 4.98 Å². The van der Waals surface area contributed by atoms with Crippen molar-refractivity contribution in [3.63, 3.8) is 0 Å². The van der Waals surface area contributed by atoms with Crippen molar-refractivity contribution in [1.82, 2.24) is 19.6 Å². The van der Waals surface area contributed by atoms with Crippen molar-refractivity contribution in [3.05, 3.63) is 70.8 Å². The summed E-state index contributed by atoms with van der Waals surface area (Å²) in [7, 11) is 0. The van der Waals surface area contributed by atoms with E-state index in [0.29, 0.717) is 27.1 Å². The summed E-state index contributed by atoms with van der Waals surface area (Å²) in [5.74, 6) is -0.938. The van der Waals surface area contributed by atoms with E-state index < -0.39 is 11.8 Å². The number of rotatable bonds is 4. The second-order valence-electron chi connectivity index (χ2n) is 5.91. The van der Waals surface area contributed by atoms with Crippen LogP contribution in [0.4, 0.5) is 4.39 Å². The first kappa shape index (κ1) is 18.2. The first-order chi connectivity index (χ1) is 13.6. The minimum absolute atomic E-state index is 0.156. The molecule has 4 aromatic rings. The smallest absolute Gasteiger partial charge is 0.357 e. The van der Waals surface area contributed by atoms with Gasteiger partial charge in [-0.25, -0.2) is 18.7 Å². The average molecular weight is 441 g/mol. The summed E-state index contributed by atoms with van der Waals surface area (Å²) in [6, 6.07) is 11.6. The van der Waals surface area contributed by atoms with E-state index in [1.807, 2.05) is 0 Å². The van der Waals surface area contributed by atoms with E-state index in [-0.39, 0.29) is 12.3 Å². The first-order valence-electron chi connectivity index (χ1n) is 8.50. The Hall–Kier alpha value is -3.13. The topological polar surface area (TPSA) is 69.4 Å². The molecule has 140 valence electrons. The van der Waals surface area contributed by atoms with Gasteiger partial charge in [-0.15, -0.1) is 0 Å². The Morgan fingerprint density at radius 2 is 1.96 bits per heavy atom. The van der Waals surface area contributed by atoms with Crippen LogP contribution in [0.15, 0.2) is 59.3 Å². The lowest BCUT2D eigenvalue weighted by atomic mass is 10.1. The molecule has 8 heteroatoms. The lowest BCUT2D eigenvalue weighted by molar-refractivity contribution is 0.0519. The summed E-state index contributed by atoms with van der Waals surface area (Å²) >= 11 is 3.25. The number of ether oxygens (including phenoxy) is 1. The standard InChI is InChI=1S/C20H14BrFN4O2/c1-2-28-20(27)17-10-18(12-5-7-23-8-6-12)26-19(24-17)11-16(25-26)14-4-3-13(21)9-15(14)22/h3-11H,2H2,1H3. The van der Waals surface area contributed by atoms with Crippen LogP contribution in [-0.4, -0.2) is 32.2 Å². The molecule has 0 aliphatic carbocycles. The van der Waals surface area contributed by atoms with Crippen LogP contribution in [0.2, 0.25) is 0 Å². The van der Waals surface area contributed by atoms with Crippen LogP contribution < -0.4 is 0 Å². The Balaban J connectivity index is 1.94. The Labute approximate surface area is 168 Å². The van der Waals surface area contributed by atoms with Crippen molar-refractivity contribution in [2.45, 2.75) is 6.92 Å². The highest BCUT2D eigenvalue weighted by molar-refractivity contribution is 9.10. The maximum Gasteiger partial charge on any atom is 0.357 e. The second-order valence-corrected chi connectivity index (χ2v) is 6.82. The van der Waals surface area contributed by atoms with Gasteiger partial charge in [0.2, 0.25) is 0 Å². The van der Waals surface area contributed by atoms with Gasteiger partial charge in [0.1, 0.15) is 5.82 Å². The molecule has 0 aliphatic rings. The van der Waals surface area contributed by atoms with Gasteiger partial charge in [-0.2, -0.15) is 5.10 Å². The summed E-state index contributed by atoms with van der Waals surface area (Å²) in [5, 5.41) is 4.52. The van der Waals surface area contributed by atoms with Gasteiger partial charge in [-0.1, -0.05) is 15.9 Å². The van der Waals surface area contributed by atoms with Crippen molar-refractivity contribution in [2.24, 2.45) is 0 Å². The molecule has 0 saturated carbocycles. The van der Waals surface area contributed by atoms with Crippen LogP contribution in [0.3, 0.4) is 0 Å². The van der Waals surface area contributed by atoms with E-state index in [1.165, 1.54) is 6.07 Å². The summed E-state index contributed by atoms with van der Waals surface area (Å²) in [6.07, 6.45) is 3.29. The largest absolute Gasteiger partial charge is 0.461 e. The number of carbonyl (C=O) groups is 1. The average Bonchev–Trinajstić information content (AvgIpc) is 3.11. The van der Waals surface area contributed by atoms with Gasteiger partial charge >= 0.3 is 5.97 Å². The van der Waals surface area contributed by atoms with Gasteiger partial charge in [0.05, 0.1) is 18.0 Å². The fourth-order valence-corrected chi connectivity index (χ4v) is 3.17. The highest BCUT2D eigenvalue weighted by atomic mass is 79.9. The molecule has 28 heavy (non-hydrogen) atoms. The molecule has 3 aromatic heterocycles. The van der Waals surface area contributed by atoms with Gasteiger partial charge in [-0.05, 0) is 43.3 Å². The molecule has 0 spiro atoms. The Bertz CT molecular complexity index is 1180. The van der Waals surface area contributed by atoms with Crippen LogP contribution in [0.1, 0.15) is 17.4 Å². The molecular weight excluding hydrogens is 427 g/mol. The molecule has 3 heterocycles. The maximum atomic E-state index is 14.4. The Kier molecular flexibility index (Phi) is 4.87. The normalized spacial score (nSPS) is 11.0. The summed E-state index contributed by atoms with van der Waals surface area (Å²) < 4.78 is 21.7. The molecule has 6 nitrogen and oxygen atoms in total.